The lowest BCUT2D eigenvalue weighted by Crippen LogP contribution is -2.57. The van der Waals surface area contributed by atoms with Crippen molar-refractivity contribution in [2.24, 2.45) is 0 Å². The van der Waals surface area contributed by atoms with E-state index >= 15 is 0 Å². The molecule has 9 nitrogen and oxygen atoms in total. The minimum atomic E-state index is -1.42. The highest BCUT2D eigenvalue weighted by molar-refractivity contribution is 5.95. The van der Waals surface area contributed by atoms with E-state index in [4.69, 9.17) is 4.74 Å². The molecule has 2 N–H and O–H groups in total. The maximum atomic E-state index is 13.9. The molecule has 5 rings (SSSR count). The average Bonchev–Trinajstić information content (AvgIpc) is 3.52. The molecule has 0 atom stereocenters. The van der Waals surface area contributed by atoms with Gasteiger partial charge in [0.05, 0.1) is 25.4 Å². The summed E-state index contributed by atoms with van der Waals surface area (Å²) in [5, 5.41) is 17.1. The number of carbonyl (C=O) groups excluding carboxylic acids is 2. The number of carbonyl (C=O) groups is 2. The number of ether oxygens (including phenoxy) is 1. The zero-order valence-corrected chi connectivity index (χ0v) is 21.5. The first-order valence-corrected chi connectivity index (χ1v) is 12.5. The molecule has 0 aliphatic carbocycles. The highest BCUT2D eigenvalue weighted by Gasteiger charge is 2.52. The number of H-pyrrole nitrogens is 1. The molecule has 2 aromatic carbocycles. The van der Waals surface area contributed by atoms with Gasteiger partial charge in [0, 0.05) is 37.1 Å². The molecule has 0 saturated carbocycles. The van der Waals surface area contributed by atoms with Gasteiger partial charge in [-0.05, 0) is 62.1 Å². The summed E-state index contributed by atoms with van der Waals surface area (Å²) in [4.78, 5) is 32.1. The van der Waals surface area contributed by atoms with Crippen LogP contribution in [0.3, 0.4) is 0 Å². The van der Waals surface area contributed by atoms with Crippen LogP contribution in [0, 0.1) is 0 Å². The lowest BCUT2D eigenvalue weighted by atomic mass is 9.85. The van der Waals surface area contributed by atoms with E-state index in [0.717, 1.165) is 28.1 Å². The van der Waals surface area contributed by atoms with Crippen LogP contribution in [0.4, 0.5) is 10.5 Å². The number of aromatic amines is 1. The van der Waals surface area contributed by atoms with E-state index in [1.54, 1.807) is 18.2 Å². The number of rotatable bonds is 6. The zero-order chi connectivity index (χ0) is 26.2. The molecule has 1 spiro atoms. The summed E-state index contributed by atoms with van der Waals surface area (Å²) < 4.78 is 5.40. The molecule has 3 aromatic rings. The molecular weight excluding hydrogens is 470 g/mol. The third-order valence-corrected chi connectivity index (χ3v) is 7.48. The van der Waals surface area contributed by atoms with Crippen LogP contribution < -0.4 is 9.64 Å². The number of amides is 3. The number of aromatic nitrogens is 2. The predicted molar refractivity (Wildman–Crippen MR) is 140 cm³/mol. The summed E-state index contributed by atoms with van der Waals surface area (Å²) in [6.07, 6.45) is 4.87. The van der Waals surface area contributed by atoms with Crippen LogP contribution in [0.2, 0.25) is 0 Å². The first kappa shape index (κ1) is 24.8. The minimum absolute atomic E-state index is 0.0545. The standard InChI is InChI=1S/C28H33N5O4/c1-27(2,36)25(34)31-13-11-28(12-14-31)19-32(23-9-7-21(8-10-23)22-16-29-30-17-22)26(35)33(28)18-20-5-4-6-24(15-20)37-3/h4-10,15-17,36H,11-14,18-19H2,1-3H3,(H,29,30). The fourth-order valence-corrected chi connectivity index (χ4v) is 5.37. The van der Waals surface area contributed by atoms with Crippen LogP contribution >= 0.6 is 0 Å². The van der Waals surface area contributed by atoms with Gasteiger partial charge < -0.3 is 19.6 Å². The van der Waals surface area contributed by atoms with Gasteiger partial charge in [-0.25, -0.2) is 4.79 Å². The van der Waals surface area contributed by atoms with Crippen molar-refractivity contribution in [1.82, 2.24) is 20.0 Å². The predicted octanol–water partition coefficient (Wildman–Crippen LogP) is 3.66. The van der Waals surface area contributed by atoms with Crippen molar-refractivity contribution in [1.29, 1.82) is 0 Å². The lowest BCUT2D eigenvalue weighted by Gasteiger charge is -2.44. The number of likely N-dealkylation sites (tertiary alicyclic amines) is 1. The van der Waals surface area contributed by atoms with E-state index in [1.807, 2.05) is 64.5 Å². The van der Waals surface area contributed by atoms with E-state index in [0.29, 0.717) is 39.0 Å². The number of nitrogens with one attached hydrogen (secondary N) is 1. The van der Waals surface area contributed by atoms with Gasteiger partial charge in [-0.15, -0.1) is 0 Å². The zero-order valence-electron chi connectivity index (χ0n) is 21.5. The number of urea groups is 1. The van der Waals surface area contributed by atoms with Gasteiger partial charge in [0.25, 0.3) is 5.91 Å². The molecular formula is C28H33N5O4. The Morgan fingerprint density at radius 3 is 2.49 bits per heavy atom. The Bertz CT molecular complexity index is 1260. The summed E-state index contributed by atoms with van der Waals surface area (Å²) in [5.74, 6) is 0.466. The first-order valence-electron chi connectivity index (χ1n) is 12.5. The summed E-state index contributed by atoms with van der Waals surface area (Å²) in [6.45, 7) is 4.98. The monoisotopic (exact) mass is 503 g/mol. The number of benzene rings is 2. The topological polar surface area (TPSA) is 102 Å². The maximum Gasteiger partial charge on any atom is 0.325 e. The highest BCUT2D eigenvalue weighted by Crippen LogP contribution is 2.40. The molecule has 2 saturated heterocycles. The molecule has 0 unspecified atom stereocenters. The third kappa shape index (κ3) is 4.79. The smallest absolute Gasteiger partial charge is 0.325 e. The molecule has 37 heavy (non-hydrogen) atoms. The second-order valence-corrected chi connectivity index (χ2v) is 10.4. The second kappa shape index (κ2) is 9.55. The summed E-state index contributed by atoms with van der Waals surface area (Å²) >= 11 is 0. The fraction of sp³-hybridized carbons (Fsp3) is 0.393. The van der Waals surface area contributed by atoms with E-state index in [-0.39, 0.29) is 11.9 Å². The van der Waals surface area contributed by atoms with Gasteiger partial charge in [0.1, 0.15) is 11.4 Å². The molecule has 2 fully saturated rings. The highest BCUT2D eigenvalue weighted by atomic mass is 16.5. The fourth-order valence-electron chi connectivity index (χ4n) is 5.37. The summed E-state index contributed by atoms with van der Waals surface area (Å²) in [7, 11) is 1.63. The SMILES string of the molecule is COc1cccc(CN2C(=O)N(c3ccc(-c4cn[nH]c4)cc3)CC23CCN(C(=O)C(C)(C)O)CC3)c1. The molecule has 3 amide bonds. The normalized spacial score (nSPS) is 17.5. The number of hydrogen-bond acceptors (Lipinski definition) is 5. The van der Waals surface area contributed by atoms with E-state index < -0.39 is 11.1 Å². The molecule has 3 heterocycles. The van der Waals surface area contributed by atoms with E-state index in [2.05, 4.69) is 10.2 Å². The van der Waals surface area contributed by atoms with Crippen LogP contribution in [0.15, 0.2) is 60.9 Å². The van der Waals surface area contributed by atoms with Crippen LogP contribution in [0.25, 0.3) is 11.1 Å². The maximum absolute atomic E-state index is 13.9. The Morgan fingerprint density at radius 2 is 1.86 bits per heavy atom. The summed E-state index contributed by atoms with van der Waals surface area (Å²) in [6, 6.07) is 15.6. The number of hydrogen-bond donors (Lipinski definition) is 2. The number of nitrogens with zero attached hydrogens (tertiary/aromatic N) is 4. The van der Waals surface area contributed by atoms with Crippen molar-refractivity contribution in [3.8, 4) is 16.9 Å². The number of methoxy groups -OCH3 is 1. The van der Waals surface area contributed by atoms with Gasteiger partial charge in [-0.2, -0.15) is 5.10 Å². The van der Waals surface area contributed by atoms with Gasteiger partial charge in [0.2, 0.25) is 0 Å². The molecule has 9 heteroatoms. The number of aliphatic hydroxyl groups is 1. The van der Waals surface area contributed by atoms with Crippen molar-refractivity contribution >= 4 is 17.6 Å². The lowest BCUT2D eigenvalue weighted by molar-refractivity contribution is -0.150. The van der Waals surface area contributed by atoms with Crippen molar-refractivity contribution in [2.45, 2.75) is 44.4 Å². The van der Waals surface area contributed by atoms with E-state index in [1.165, 1.54) is 13.8 Å². The van der Waals surface area contributed by atoms with Gasteiger partial charge in [-0.3, -0.25) is 14.8 Å². The van der Waals surface area contributed by atoms with Gasteiger partial charge in [0.15, 0.2) is 0 Å². The van der Waals surface area contributed by atoms with Crippen molar-refractivity contribution < 1.29 is 19.4 Å². The Morgan fingerprint density at radius 1 is 1.14 bits per heavy atom. The van der Waals surface area contributed by atoms with Gasteiger partial charge in [-0.1, -0.05) is 24.3 Å². The minimum Gasteiger partial charge on any atom is -0.497 e. The van der Waals surface area contributed by atoms with Crippen molar-refractivity contribution in [3.63, 3.8) is 0 Å². The van der Waals surface area contributed by atoms with Crippen LogP contribution in [-0.4, -0.2) is 74.9 Å². The average molecular weight is 504 g/mol. The molecule has 0 radical (unpaired) electrons. The number of anilines is 1. The Hall–Kier alpha value is -3.85. The molecule has 2 aliphatic rings. The molecule has 194 valence electrons. The Kier molecular flexibility index (Phi) is 6.41. The molecule has 1 aromatic heterocycles. The number of piperidine rings is 1. The molecule has 2 aliphatic heterocycles. The van der Waals surface area contributed by atoms with E-state index in [9.17, 15) is 14.7 Å². The Balaban J connectivity index is 1.43. The largest absolute Gasteiger partial charge is 0.497 e. The quantitative estimate of drug-likeness (QED) is 0.535. The summed E-state index contributed by atoms with van der Waals surface area (Å²) in [5.41, 5.74) is 1.97. The molecule has 0 bridgehead atoms. The first-order chi connectivity index (χ1) is 17.7. The van der Waals surface area contributed by atoms with Gasteiger partial charge >= 0.3 is 6.03 Å². The van der Waals surface area contributed by atoms with Crippen molar-refractivity contribution in [2.75, 3.05) is 31.6 Å². The van der Waals surface area contributed by atoms with Crippen LogP contribution in [0.1, 0.15) is 32.3 Å². The van der Waals surface area contributed by atoms with Crippen LogP contribution in [0.5, 0.6) is 5.75 Å². The van der Waals surface area contributed by atoms with Crippen molar-refractivity contribution in [3.05, 3.63) is 66.5 Å². The third-order valence-electron chi connectivity index (χ3n) is 7.48. The Labute approximate surface area is 216 Å². The van der Waals surface area contributed by atoms with Crippen LogP contribution in [-0.2, 0) is 11.3 Å². The second-order valence-electron chi connectivity index (χ2n) is 10.4.